The Balaban J connectivity index is 0.00000196. The van der Waals surface area contributed by atoms with Crippen LogP contribution in [0.3, 0.4) is 0 Å². The zero-order valence-corrected chi connectivity index (χ0v) is 9.14. The number of alkyl halides is 1. The number of hydrogen-bond acceptors (Lipinski definition) is 3. The Kier molecular flexibility index (Phi) is 5.53. The number of primary amides is 1. The van der Waals surface area contributed by atoms with Crippen LogP contribution in [-0.2, 0) is 9.59 Å². The first-order valence-corrected chi connectivity index (χ1v) is 4.48. The fourth-order valence-corrected chi connectivity index (χ4v) is 1.28. The fraction of sp³-hybridized carbons (Fsp3) is 0.750. The zero-order chi connectivity index (χ0) is 10.7. The van der Waals surface area contributed by atoms with E-state index >= 15 is 0 Å². The Labute approximate surface area is 93.4 Å². The summed E-state index contributed by atoms with van der Waals surface area (Å²) in [6.07, 6.45) is -0.841. The van der Waals surface area contributed by atoms with E-state index in [2.05, 4.69) is 10.6 Å². The molecule has 0 aromatic heterocycles. The molecule has 0 spiro atoms. The molecule has 0 bridgehead atoms. The number of nitrogens with one attached hydrogen (secondary N) is 2. The van der Waals surface area contributed by atoms with Gasteiger partial charge in [0.2, 0.25) is 11.8 Å². The van der Waals surface area contributed by atoms with Gasteiger partial charge in [0.1, 0.15) is 12.2 Å². The Hall–Kier alpha value is -0.880. The lowest BCUT2D eigenvalue weighted by Gasteiger charge is -2.14. The molecule has 1 aliphatic heterocycles. The maximum Gasteiger partial charge on any atom is 0.239 e. The van der Waals surface area contributed by atoms with Crippen molar-refractivity contribution in [2.24, 2.45) is 5.73 Å². The van der Waals surface area contributed by atoms with E-state index in [-0.39, 0.29) is 31.3 Å². The first kappa shape index (κ1) is 14.1. The van der Waals surface area contributed by atoms with E-state index in [0.29, 0.717) is 0 Å². The van der Waals surface area contributed by atoms with Crippen LogP contribution in [0.4, 0.5) is 4.39 Å². The maximum absolute atomic E-state index is 12.7. The minimum Gasteiger partial charge on any atom is -0.368 e. The molecule has 1 rings (SSSR count). The topological polar surface area (TPSA) is 84.2 Å². The number of rotatable bonds is 3. The van der Waals surface area contributed by atoms with Gasteiger partial charge < -0.3 is 16.4 Å². The van der Waals surface area contributed by atoms with Gasteiger partial charge in [-0.15, -0.1) is 12.4 Å². The molecule has 1 heterocycles. The molecule has 3 atom stereocenters. The van der Waals surface area contributed by atoms with Crippen molar-refractivity contribution in [2.75, 3.05) is 6.54 Å². The summed E-state index contributed by atoms with van der Waals surface area (Å²) in [5.41, 5.74) is 4.96. The lowest BCUT2D eigenvalue weighted by molar-refractivity contribution is -0.128. The summed E-state index contributed by atoms with van der Waals surface area (Å²) in [7, 11) is 0. The molecule has 1 aliphatic rings. The van der Waals surface area contributed by atoms with Crippen LogP contribution in [0.1, 0.15) is 13.3 Å². The third-order valence-electron chi connectivity index (χ3n) is 2.18. The summed E-state index contributed by atoms with van der Waals surface area (Å²) in [6.45, 7) is 1.67. The third kappa shape index (κ3) is 4.01. The van der Waals surface area contributed by atoms with Gasteiger partial charge in [-0.1, -0.05) is 0 Å². The average molecular weight is 240 g/mol. The number of nitrogens with two attached hydrogens (primary N) is 1. The van der Waals surface area contributed by atoms with Gasteiger partial charge in [0.15, 0.2) is 0 Å². The van der Waals surface area contributed by atoms with Crippen LogP contribution in [0.25, 0.3) is 0 Å². The molecule has 1 fully saturated rings. The number of hydrogen-bond donors (Lipinski definition) is 3. The largest absolute Gasteiger partial charge is 0.368 e. The Morgan fingerprint density at radius 3 is 2.60 bits per heavy atom. The van der Waals surface area contributed by atoms with Gasteiger partial charge >= 0.3 is 0 Å². The molecule has 7 heteroatoms. The van der Waals surface area contributed by atoms with Gasteiger partial charge in [0.05, 0.1) is 6.04 Å². The zero-order valence-electron chi connectivity index (χ0n) is 8.33. The summed E-state index contributed by atoms with van der Waals surface area (Å²) in [4.78, 5) is 22.0. The predicted molar refractivity (Wildman–Crippen MR) is 55.4 cm³/mol. The van der Waals surface area contributed by atoms with Crippen molar-refractivity contribution in [1.29, 1.82) is 0 Å². The van der Waals surface area contributed by atoms with E-state index in [1.807, 2.05) is 0 Å². The number of carbonyl (C=O) groups is 2. The Morgan fingerprint density at radius 2 is 2.20 bits per heavy atom. The van der Waals surface area contributed by atoms with Crippen molar-refractivity contribution in [3.63, 3.8) is 0 Å². The number of halogens is 2. The van der Waals surface area contributed by atoms with Crippen LogP contribution in [0.5, 0.6) is 0 Å². The summed E-state index contributed by atoms with van der Waals surface area (Å²) in [6, 6.07) is -1.27. The SMILES string of the molecule is CC(NC(=O)[C@H]1C[C@H](F)CN1)C(N)=O.Cl. The predicted octanol–water partition coefficient (Wildman–Crippen LogP) is -0.902. The minimum absolute atomic E-state index is 0. The summed E-state index contributed by atoms with van der Waals surface area (Å²) in [5, 5.41) is 5.11. The van der Waals surface area contributed by atoms with Gasteiger partial charge in [-0.2, -0.15) is 0 Å². The monoisotopic (exact) mass is 239 g/mol. The molecule has 0 radical (unpaired) electrons. The quantitative estimate of drug-likeness (QED) is 0.597. The maximum atomic E-state index is 12.7. The second-order valence-electron chi connectivity index (χ2n) is 3.43. The smallest absolute Gasteiger partial charge is 0.239 e. The number of carbonyl (C=O) groups excluding carboxylic acids is 2. The van der Waals surface area contributed by atoms with Crippen LogP contribution in [0.15, 0.2) is 0 Å². The fourth-order valence-electron chi connectivity index (χ4n) is 1.28. The van der Waals surface area contributed by atoms with Crippen LogP contribution < -0.4 is 16.4 Å². The normalized spacial score (nSPS) is 26.5. The van der Waals surface area contributed by atoms with Crippen molar-refractivity contribution in [2.45, 2.75) is 31.6 Å². The van der Waals surface area contributed by atoms with E-state index in [1.54, 1.807) is 0 Å². The first-order valence-electron chi connectivity index (χ1n) is 4.48. The summed E-state index contributed by atoms with van der Waals surface area (Å²) in [5.74, 6) is -0.982. The molecule has 0 saturated carbocycles. The van der Waals surface area contributed by atoms with E-state index in [0.717, 1.165) is 0 Å². The molecule has 5 nitrogen and oxygen atoms in total. The highest BCUT2D eigenvalue weighted by atomic mass is 35.5. The Bertz CT molecular complexity index is 252. The second kappa shape index (κ2) is 5.87. The second-order valence-corrected chi connectivity index (χ2v) is 3.43. The van der Waals surface area contributed by atoms with Crippen LogP contribution in [-0.4, -0.2) is 36.6 Å². The molecule has 2 amide bonds. The number of amides is 2. The molecule has 88 valence electrons. The minimum atomic E-state index is -0.991. The summed E-state index contributed by atoms with van der Waals surface area (Å²) < 4.78 is 12.7. The summed E-state index contributed by atoms with van der Waals surface area (Å²) >= 11 is 0. The lowest BCUT2D eigenvalue weighted by atomic mass is 10.2. The molecular weight excluding hydrogens is 225 g/mol. The highest BCUT2D eigenvalue weighted by Crippen LogP contribution is 2.09. The Morgan fingerprint density at radius 1 is 1.60 bits per heavy atom. The third-order valence-corrected chi connectivity index (χ3v) is 2.18. The van der Waals surface area contributed by atoms with Crippen LogP contribution in [0, 0.1) is 0 Å². The van der Waals surface area contributed by atoms with Crippen molar-refractivity contribution in [1.82, 2.24) is 10.6 Å². The van der Waals surface area contributed by atoms with Crippen molar-refractivity contribution >= 4 is 24.2 Å². The van der Waals surface area contributed by atoms with E-state index in [9.17, 15) is 14.0 Å². The van der Waals surface area contributed by atoms with Crippen LogP contribution in [0.2, 0.25) is 0 Å². The van der Waals surface area contributed by atoms with E-state index in [1.165, 1.54) is 6.92 Å². The van der Waals surface area contributed by atoms with E-state index in [4.69, 9.17) is 5.73 Å². The van der Waals surface area contributed by atoms with Gasteiger partial charge in [-0.25, -0.2) is 4.39 Å². The van der Waals surface area contributed by atoms with Crippen molar-refractivity contribution < 1.29 is 14.0 Å². The molecule has 0 aromatic carbocycles. The van der Waals surface area contributed by atoms with Crippen molar-refractivity contribution in [3.05, 3.63) is 0 Å². The molecular formula is C8H15ClFN3O2. The van der Waals surface area contributed by atoms with Gasteiger partial charge in [0.25, 0.3) is 0 Å². The van der Waals surface area contributed by atoms with E-state index < -0.39 is 24.2 Å². The molecule has 1 saturated heterocycles. The van der Waals surface area contributed by atoms with Crippen molar-refractivity contribution in [3.8, 4) is 0 Å². The first-order chi connectivity index (χ1) is 6.50. The molecule has 15 heavy (non-hydrogen) atoms. The van der Waals surface area contributed by atoms with Gasteiger partial charge in [0, 0.05) is 13.0 Å². The van der Waals surface area contributed by atoms with Gasteiger partial charge in [-0.05, 0) is 6.92 Å². The van der Waals surface area contributed by atoms with Crippen LogP contribution >= 0.6 is 12.4 Å². The molecule has 0 aliphatic carbocycles. The highest BCUT2D eigenvalue weighted by molar-refractivity contribution is 5.88. The molecule has 0 aromatic rings. The molecule has 1 unspecified atom stereocenters. The standard InChI is InChI=1S/C8H14FN3O2.ClH/c1-4(7(10)13)12-8(14)6-2-5(9)3-11-6;/h4-6,11H,2-3H2,1H3,(H2,10,13)(H,12,14);1H/t4?,5-,6+;/m0./s1. The lowest BCUT2D eigenvalue weighted by Crippen LogP contribution is -2.48. The highest BCUT2D eigenvalue weighted by Gasteiger charge is 2.30. The van der Waals surface area contributed by atoms with Gasteiger partial charge in [-0.3, -0.25) is 9.59 Å². The molecule has 4 N–H and O–H groups in total. The average Bonchev–Trinajstić information content (AvgIpc) is 2.51.